The van der Waals surface area contributed by atoms with Gasteiger partial charge in [0.05, 0.1) is 30.2 Å². The summed E-state index contributed by atoms with van der Waals surface area (Å²) in [5.41, 5.74) is 8.54. The van der Waals surface area contributed by atoms with E-state index in [1.807, 2.05) is 0 Å². The molecule has 1 heterocycles. The molecule has 1 aromatic carbocycles. The number of esters is 1. The van der Waals surface area contributed by atoms with Crippen molar-refractivity contribution >= 4 is 39.7 Å². The monoisotopic (exact) mass is 701 g/mol. The molecule has 0 radical (unpaired) electrons. The van der Waals surface area contributed by atoms with Crippen LogP contribution in [0.15, 0.2) is 34.2 Å². The summed E-state index contributed by atoms with van der Waals surface area (Å²) in [6, 6.07) is 2.95. The standard InChI is InChI=1S/C25H39N11O11S/c1-4-47-22-18(11-8-14-34(22)25(27)31-36(42)43)29-20(37)15-33(2)21(38)17(10-7-13-28-24(26)30-35(40)41)32-48(44,45)19-12-6-5-9-16(19)23(39)46-3/h5-6,9,12,17-18,22,32H,4,7-8,10-11,13-15H2,1-3H3,(H2,27,31)(H,29,37)(H3,26,28,30). The molecule has 23 heteroatoms. The number of hydrogen-bond acceptors (Lipinski definition) is 13. The summed E-state index contributed by atoms with van der Waals surface area (Å²) in [6.07, 6.45) is -0.273. The molecule has 7 N–H and O–H groups in total. The Morgan fingerprint density at radius 3 is 2.50 bits per heavy atom. The molecule has 1 aliphatic rings. The normalized spacial score (nSPS) is 17.1. The molecule has 3 unspecified atom stereocenters. The fourth-order valence-corrected chi connectivity index (χ4v) is 6.20. The third-order valence-corrected chi connectivity index (χ3v) is 8.34. The molecule has 1 saturated heterocycles. The number of rotatable bonds is 16. The van der Waals surface area contributed by atoms with Gasteiger partial charge in [0, 0.05) is 26.7 Å². The maximum absolute atomic E-state index is 13.6. The molecule has 0 saturated carbocycles. The predicted octanol–water partition coefficient (Wildman–Crippen LogP) is -1.89. The van der Waals surface area contributed by atoms with Crippen LogP contribution in [0.1, 0.15) is 43.0 Å². The molecule has 2 amide bonds. The van der Waals surface area contributed by atoms with E-state index in [0.29, 0.717) is 12.8 Å². The van der Waals surface area contributed by atoms with Gasteiger partial charge in [0.15, 0.2) is 16.3 Å². The van der Waals surface area contributed by atoms with Crippen LogP contribution in [0.5, 0.6) is 0 Å². The number of carbonyl (C=O) groups is 3. The van der Waals surface area contributed by atoms with Gasteiger partial charge in [-0.05, 0) is 44.7 Å². The lowest BCUT2D eigenvalue weighted by atomic mass is 10.0. The van der Waals surface area contributed by atoms with E-state index < -0.39 is 79.5 Å². The maximum atomic E-state index is 13.6. The number of methoxy groups -OCH3 is 1. The van der Waals surface area contributed by atoms with Crippen LogP contribution in [-0.2, 0) is 29.1 Å². The van der Waals surface area contributed by atoms with Crippen LogP contribution in [0, 0.1) is 25.6 Å². The molecule has 1 fully saturated rings. The fourth-order valence-electron chi connectivity index (χ4n) is 4.78. The smallest absolute Gasteiger partial charge is 0.339 e. The van der Waals surface area contributed by atoms with Gasteiger partial charge in [-0.15, -0.1) is 0 Å². The Kier molecular flexibility index (Phi) is 14.8. The number of likely N-dealkylation sites (N-methyl/N-ethyl adjacent to an activating group) is 1. The third-order valence-electron chi connectivity index (χ3n) is 6.81. The first-order valence-corrected chi connectivity index (χ1v) is 15.9. The van der Waals surface area contributed by atoms with Crippen molar-refractivity contribution in [1.29, 1.82) is 5.41 Å². The fraction of sp³-hybridized carbons (Fsp3) is 0.560. The molecule has 3 atom stereocenters. The van der Waals surface area contributed by atoms with Gasteiger partial charge in [0.1, 0.15) is 6.04 Å². The van der Waals surface area contributed by atoms with Crippen LogP contribution in [0.2, 0.25) is 0 Å². The van der Waals surface area contributed by atoms with Gasteiger partial charge in [-0.2, -0.15) is 4.72 Å². The second-order valence-corrected chi connectivity index (χ2v) is 11.9. The number of ether oxygens (including phenoxy) is 2. The molecule has 0 spiro atoms. The molecular formula is C25H39N11O11S. The van der Waals surface area contributed by atoms with E-state index in [-0.39, 0.29) is 38.1 Å². The first kappa shape index (κ1) is 39.0. The zero-order chi connectivity index (χ0) is 36.0. The highest BCUT2D eigenvalue weighted by molar-refractivity contribution is 7.89. The second-order valence-electron chi connectivity index (χ2n) is 10.2. The van der Waals surface area contributed by atoms with E-state index in [9.17, 15) is 43.0 Å². The van der Waals surface area contributed by atoms with Gasteiger partial charge in [-0.25, -0.2) is 38.4 Å². The van der Waals surface area contributed by atoms with Crippen LogP contribution in [0.4, 0.5) is 0 Å². The Balaban J connectivity index is 2.25. The number of nitrogens with two attached hydrogens (primary N) is 1. The maximum Gasteiger partial charge on any atom is 0.339 e. The van der Waals surface area contributed by atoms with Crippen LogP contribution in [-0.4, -0.2) is 117 Å². The Hall–Kier alpha value is -5.16. The molecule has 1 aliphatic heterocycles. The van der Waals surface area contributed by atoms with Crippen LogP contribution in [0.25, 0.3) is 0 Å². The number of piperidine rings is 1. The number of guanidine groups is 2. The van der Waals surface area contributed by atoms with Gasteiger partial charge >= 0.3 is 5.97 Å². The molecule has 48 heavy (non-hydrogen) atoms. The van der Waals surface area contributed by atoms with Gasteiger partial charge < -0.3 is 30.3 Å². The van der Waals surface area contributed by atoms with Crippen molar-refractivity contribution in [3.63, 3.8) is 0 Å². The lowest BCUT2D eigenvalue weighted by molar-refractivity contribution is -0.527. The number of nitro groups is 2. The largest absolute Gasteiger partial charge is 0.465 e. The summed E-state index contributed by atoms with van der Waals surface area (Å²) in [4.78, 5) is 65.9. The summed E-state index contributed by atoms with van der Waals surface area (Å²) in [5, 5.41) is 30.3. The number of nitrogens with zero attached hydrogens (tertiary/aromatic N) is 5. The van der Waals surface area contributed by atoms with E-state index in [1.165, 1.54) is 30.1 Å². The lowest BCUT2D eigenvalue weighted by Crippen LogP contribution is -2.61. The van der Waals surface area contributed by atoms with E-state index in [0.717, 1.165) is 18.1 Å². The lowest BCUT2D eigenvalue weighted by Gasteiger charge is -2.41. The number of benzene rings is 1. The van der Waals surface area contributed by atoms with Crippen molar-refractivity contribution in [2.24, 2.45) is 10.7 Å². The number of nitrogens with one attached hydrogen (secondary N) is 5. The van der Waals surface area contributed by atoms with E-state index >= 15 is 0 Å². The first-order chi connectivity index (χ1) is 22.6. The van der Waals surface area contributed by atoms with Crippen molar-refractivity contribution < 1.29 is 42.3 Å². The molecule has 0 aromatic heterocycles. The highest BCUT2D eigenvalue weighted by atomic mass is 32.2. The minimum absolute atomic E-state index is 0.00972. The van der Waals surface area contributed by atoms with E-state index in [2.05, 4.69) is 19.8 Å². The molecule has 0 bridgehead atoms. The van der Waals surface area contributed by atoms with Gasteiger partial charge in [-0.1, -0.05) is 23.0 Å². The minimum atomic E-state index is -4.54. The summed E-state index contributed by atoms with van der Waals surface area (Å²) >= 11 is 0. The average molecular weight is 702 g/mol. The van der Waals surface area contributed by atoms with Crippen molar-refractivity contribution in [2.75, 3.05) is 40.4 Å². The van der Waals surface area contributed by atoms with Crippen LogP contribution >= 0.6 is 0 Å². The Labute approximate surface area is 275 Å². The van der Waals surface area contributed by atoms with E-state index in [4.69, 9.17) is 15.9 Å². The minimum Gasteiger partial charge on any atom is -0.465 e. The number of amides is 2. The zero-order valence-electron chi connectivity index (χ0n) is 26.4. The Bertz CT molecular complexity index is 1490. The van der Waals surface area contributed by atoms with Gasteiger partial charge in [-0.3, -0.25) is 15.0 Å². The number of hydrogen-bond donors (Lipinski definition) is 6. The SMILES string of the molecule is CCOC1C(NC(=O)CN(C)C(=O)C(CCCN=C(N)N[N+](=O)[O-])NS(=O)(=O)c2ccccc2C(=O)OC)CCCN1C(=N)N[N+](=O)[O-]. The Morgan fingerprint density at radius 1 is 1.21 bits per heavy atom. The predicted molar refractivity (Wildman–Crippen MR) is 167 cm³/mol. The highest BCUT2D eigenvalue weighted by Gasteiger charge is 2.37. The second kappa shape index (κ2) is 18.2. The van der Waals surface area contributed by atoms with Crippen molar-refractivity contribution in [3.8, 4) is 0 Å². The van der Waals surface area contributed by atoms with Crippen molar-refractivity contribution in [3.05, 3.63) is 50.1 Å². The quantitative estimate of drug-likeness (QED) is 0.0274. The molecule has 22 nitrogen and oxygen atoms in total. The summed E-state index contributed by atoms with van der Waals surface area (Å²) in [6.45, 7) is 1.39. The van der Waals surface area contributed by atoms with E-state index in [1.54, 1.807) is 17.8 Å². The highest BCUT2D eigenvalue weighted by Crippen LogP contribution is 2.20. The van der Waals surface area contributed by atoms with Gasteiger partial charge in [0.2, 0.25) is 21.8 Å². The molecule has 2 rings (SSSR count). The topological polar surface area (TPSA) is 307 Å². The van der Waals surface area contributed by atoms with Crippen molar-refractivity contribution in [1.82, 2.24) is 30.7 Å². The number of aliphatic imine (C=N–C) groups is 1. The summed E-state index contributed by atoms with van der Waals surface area (Å²) in [7, 11) is -2.21. The number of hydrazine groups is 2. The molecule has 266 valence electrons. The van der Waals surface area contributed by atoms with Crippen LogP contribution < -0.4 is 26.6 Å². The molecule has 0 aliphatic carbocycles. The first-order valence-electron chi connectivity index (χ1n) is 14.4. The number of carbonyl (C=O) groups excluding carboxylic acids is 3. The number of likely N-dealkylation sites (tertiary alicyclic amines) is 1. The van der Waals surface area contributed by atoms with Crippen LogP contribution in [0.3, 0.4) is 0 Å². The number of sulfonamides is 1. The summed E-state index contributed by atoms with van der Waals surface area (Å²) in [5.74, 6) is -3.49. The zero-order valence-corrected chi connectivity index (χ0v) is 27.2. The van der Waals surface area contributed by atoms with Gasteiger partial charge in [0.25, 0.3) is 11.9 Å². The molecule has 1 aromatic rings. The Morgan fingerprint density at radius 2 is 1.88 bits per heavy atom. The summed E-state index contributed by atoms with van der Waals surface area (Å²) < 4.78 is 39.5. The third kappa shape index (κ3) is 11.6. The van der Waals surface area contributed by atoms with Crippen molar-refractivity contribution in [2.45, 2.75) is 55.8 Å². The molecular weight excluding hydrogens is 662 g/mol. The average Bonchev–Trinajstić information content (AvgIpc) is 3.01.